The van der Waals surface area contributed by atoms with Crippen LogP contribution in [0.15, 0.2) is 23.1 Å². The molecule has 0 saturated carbocycles. The Morgan fingerprint density at radius 3 is 2.45 bits per heavy atom. The molecule has 0 amide bonds. The average Bonchev–Trinajstić information content (AvgIpc) is 2.25. The second-order valence-corrected chi connectivity index (χ2v) is 8.09. The van der Waals surface area contributed by atoms with Gasteiger partial charge in [0.05, 0.1) is 17.1 Å². The van der Waals surface area contributed by atoms with Gasteiger partial charge in [0.1, 0.15) is 5.82 Å². The molecule has 0 saturated heterocycles. The molecule has 4 nitrogen and oxygen atoms in total. The third kappa shape index (κ3) is 5.09. The summed E-state index contributed by atoms with van der Waals surface area (Å²) in [6.07, 6.45) is 0.605. The van der Waals surface area contributed by atoms with Crippen LogP contribution in [0.25, 0.3) is 0 Å². The van der Waals surface area contributed by atoms with Crippen LogP contribution in [-0.2, 0) is 13.8 Å². The van der Waals surface area contributed by atoms with E-state index in [1.165, 1.54) is 0 Å². The van der Waals surface area contributed by atoms with Crippen LogP contribution in [0.4, 0.5) is 4.39 Å². The second kappa shape index (κ2) is 6.10. The van der Waals surface area contributed by atoms with Gasteiger partial charge in [-0.15, -0.1) is 0 Å². The van der Waals surface area contributed by atoms with E-state index in [0.717, 1.165) is 18.2 Å². The van der Waals surface area contributed by atoms with Gasteiger partial charge in [0.25, 0.3) is 9.05 Å². The zero-order valence-corrected chi connectivity index (χ0v) is 13.0. The molecule has 0 bridgehead atoms. The van der Waals surface area contributed by atoms with Gasteiger partial charge in [-0.05, 0) is 30.0 Å². The molecule has 112 valence electrons. The van der Waals surface area contributed by atoms with Crippen LogP contribution in [0.3, 0.4) is 0 Å². The molecule has 0 aliphatic heterocycles. The van der Waals surface area contributed by atoms with E-state index in [2.05, 4.69) is 0 Å². The minimum Gasteiger partial charge on any atom is -0.462 e. The molecule has 0 aliphatic rings. The van der Waals surface area contributed by atoms with Gasteiger partial charge >= 0.3 is 5.97 Å². The van der Waals surface area contributed by atoms with Crippen molar-refractivity contribution in [2.24, 2.45) is 5.41 Å². The predicted octanol–water partition coefficient (Wildman–Crippen LogP) is 3.35. The molecule has 7 heteroatoms. The lowest BCUT2D eigenvalue weighted by Crippen LogP contribution is -2.14. The topological polar surface area (TPSA) is 60.4 Å². The summed E-state index contributed by atoms with van der Waals surface area (Å²) in [6, 6.07) is 2.73. The van der Waals surface area contributed by atoms with Crippen molar-refractivity contribution in [3.63, 3.8) is 0 Å². The number of esters is 1. The van der Waals surface area contributed by atoms with E-state index >= 15 is 0 Å². The van der Waals surface area contributed by atoms with Crippen LogP contribution in [0.1, 0.15) is 37.6 Å². The summed E-state index contributed by atoms with van der Waals surface area (Å²) in [5.74, 6) is -1.76. The Bertz CT molecular complexity index is 605. The molecule has 1 aromatic rings. The predicted molar refractivity (Wildman–Crippen MR) is 73.8 cm³/mol. The third-order valence-electron chi connectivity index (χ3n) is 2.52. The van der Waals surface area contributed by atoms with E-state index in [4.69, 9.17) is 15.4 Å². The maximum atomic E-state index is 13.5. The van der Waals surface area contributed by atoms with Gasteiger partial charge < -0.3 is 4.74 Å². The summed E-state index contributed by atoms with van der Waals surface area (Å²) in [5, 5.41) is 0. The van der Waals surface area contributed by atoms with Crippen LogP contribution in [0, 0.1) is 11.2 Å². The fraction of sp³-hybridized carbons (Fsp3) is 0.462. The molecule has 1 aromatic carbocycles. The molecule has 0 aliphatic carbocycles. The Kier molecular flexibility index (Phi) is 5.15. The van der Waals surface area contributed by atoms with Crippen molar-refractivity contribution < 1.29 is 22.3 Å². The van der Waals surface area contributed by atoms with E-state index in [9.17, 15) is 17.6 Å². The van der Waals surface area contributed by atoms with E-state index < -0.39 is 26.4 Å². The summed E-state index contributed by atoms with van der Waals surface area (Å²) >= 11 is 0. The largest absolute Gasteiger partial charge is 0.462 e. The lowest BCUT2D eigenvalue weighted by atomic mass is 9.93. The van der Waals surface area contributed by atoms with Gasteiger partial charge in [-0.2, -0.15) is 0 Å². The van der Waals surface area contributed by atoms with Crippen molar-refractivity contribution in [2.75, 3.05) is 6.61 Å². The lowest BCUT2D eigenvalue weighted by molar-refractivity contribution is 0.0459. The Labute approximate surface area is 122 Å². The molecule has 0 aromatic heterocycles. The number of benzene rings is 1. The molecule has 0 heterocycles. The van der Waals surface area contributed by atoms with Gasteiger partial charge in [-0.1, -0.05) is 20.8 Å². The van der Waals surface area contributed by atoms with E-state index in [-0.39, 0.29) is 16.9 Å². The van der Waals surface area contributed by atoms with Crippen molar-refractivity contribution in [1.82, 2.24) is 0 Å². The number of carbonyl (C=O) groups is 1. The molecule has 0 spiro atoms. The first-order chi connectivity index (χ1) is 9.00. The number of ether oxygens (including phenoxy) is 1. The van der Waals surface area contributed by atoms with Crippen molar-refractivity contribution in [2.45, 2.75) is 32.1 Å². The highest BCUT2D eigenvalue weighted by molar-refractivity contribution is 8.13. The minimum atomic E-state index is -4.02. The van der Waals surface area contributed by atoms with Crippen molar-refractivity contribution in [1.29, 1.82) is 0 Å². The molecule has 0 radical (unpaired) electrons. The second-order valence-electron chi connectivity index (χ2n) is 5.53. The van der Waals surface area contributed by atoms with Crippen LogP contribution < -0.4 is 0 Å². The number of carbonyl (C=O) groups excluding carboxylic acids is 1. The Morgan fingerprint density at radius 2 is 1.95 bits per heavy atom. The molecule has 0 fully saturated rings. The first-order valence-corrected chi connectivity index (χ1v) is 8.23. The van der Waals surface area contributed by atoms with E-state index in [1.807, 2.05) is 20.8 Å². The maximum Gasteiger partial charge on any atom is 0.341 e. The minimum absolute atomic E-state index is 0.0276. The SMILES string of the molecule is CC(C)(C)CCOC(=O)c1cc(S(=O)(=O)Cl)ccc1F. The number of hydrogen-bond acceptors (Lipinski definition) is 4. The van der Waals surface area contributed by atoms with Crippen LogP contribution in [0.5, 0.6) is 0 Å². The van der Waals surface area contributed by atoms with Gasteiger partial charge in [0, 0.05) is 10.7 Å². The molecule has 20 heavy (non-hydrogen) atoms. The summed E-state index contributed by atoms with van der Waals surface area (Å²) in [4.78, 5) is 11.4. The number of halogens is 2. The Morgan fingerprint density at radius 1 is 1.35 bits per heavy atom. The third-order valence-corrected chi connectivity index (χ3v) is 3.88. The highest BCUT2D eigenvalue weighted by Crippen LogP contribution is 2.21. The maximum absolute atomic E-state index is 13.5. The zero-order chi connectivity index (χ0) is 15.6. The standard InChI is InChI=1S/C13H16ClFO4S/c1-13(2,3)6-7-19-12(16)10-8-9(20(14,17)18)4-5-11(10)15/h4-5,8H,6-7H2,1-3H3. The smallest absolute Gasteiger partial charge is 0.341 e. The van der Waals surface area contributed by atoms with Gasteiger partial charge in [0.2, 0.25) is 0 Å². The summed E-state index contributed by atoms with van der Waals surface area (Å²) in [6.45, 7) is 6.05. The summed E-state index contributed by atoms with van der Waals surface area (Å²) in [7, 11) is 1.13. The van der Waals surface area contributed by atoms with Gasteiger partial charge in [-0.3, -0.25) is 0 Å². The highest BCUT2D eigenvalue weighted by Gasteiger charge is 2.19. The highest BCUT2D eigenvalue weighted by atomic mass is 35.7. The van der Waals surface area contributed by atoms with Crippen LogP contribution >= 0.6 is 10.7 Å². The van der Waals surface area contributed by atoms with E-state index in [0.29, 0.717) is 6.42 Å². The number of hydrogen-bond donors (Lipinski definition) is 0. The van der Waals surface area contributed by atoms with Crippen molar-refractivity contribution in [3.05, 3.63) is 29.6 Å². The normalized spacial score (nSPS) is 12.2. The van der Waals surface area contributed by atoms with Crippen LogP contribution in [0.2, 0.25) is 0 Å². The van der Waals surface area contributed by atoms with Crippen LogP contribution in [-0.4, -0.2) is 21.0 Å². The summed E-state index contributed by atoms with van der Waals surface area (Å²) in [5.41, 5.74) is -0.471. The van der Waals surface area contributed by atoms with E-state index in [1.54, 1.807) is 0 Å². The molecular weight excluding hydrogens is 307 g/mol. The molecule has 0 unspecified atom stereocenters. The average molecular weight is 323 g/mol. The molecular formula is C13H16ClFO4S. The fourth-order valence-electron chi connectivity index (χ4n) is 1.34. The fourth-order valence-corrected chi connectivity index (χ4v) is 2.12. The molecule has 0 N–H and O–H groups in total. The summed E-state index contributed by atoms with van der Waals surface area (Å²) < 4.78 is 40.8. The lowest BCUT2D eigenvalue weighted by Gasteiger charge is -2.17. The van der Waals surface area contributed by atoms with Gasteiger partial charge in [-0.25, -0.2) is 17.6 Å². The quantitative estimate of drug-likeness (QED) is 0.630. The first-order valence-electron chi connectivity index (χ1n) is 5.92. The Balaban J connectivity index is 2.88. The Hall–Kier alpha value is -1.14. The molecule has 1 rings (SSSR count). The number of rotatable bonds is 4. The van der Waals surface area contributed by atoms with Gasteiger partial charge in [0.15, 0.2) is 0 Å². The first kappa shape index (κ1) is 16.9. The monoisotopic (exact) mass is 322 g/mol. The molecule has 0 atom stereocenters. The zero-order valence-electron chi connectivity index (χ0n) is 11.4. The van der Waals surface area contributed by atoms with Crippen molar-refractivity contribution >= 4 is 25.7 Å². The van der Waals surface area contributed by atoms with Crippen molar-refractivity contribution in [3.8, 4) is 0 Å².